The molecule has 16 heavy (non-hydrogen) atoms. The highest BCUT2D eigenvalue weighted by molar-refractivity contribution is 5.97. The van der Waals surface area contributed by atoms with Gasteiger partial charge in [-0.15, -0.1) is 0 Å². The molecule has 2 rings (SSSR count). The second-order valence-electron chi connectivity index (χ2n) is 3.64. The highest BCUT2D eigenvalue weighted by Gasteiger charge is 2.08. The zero-order chi connectivity index (χ0) is 11.5. The van der Waals surface area contributed by atoms with E-state index in [-0.39, 0.29) is 18.2 Å². The predicted molar refractivity (Wildman–Crippen MR) is 60.8 cm³/mol. The van der Waals surface area contributed by atoms with Gasteiger partial charge in [-0.1, -0.05) is 18.2 Å². The first kappa shape index (κ1) is 10.4. The topological polar surface area (TPSA) is 62.0 Å². The maximum Gasteiger partial charge on any atom is 0.231 e. The molecular formula is C12H12N2O2. The maximum atomic E-state index is 11.4. The lowest BCUT2D eigenvalue weighted by Gasteiger charge is -1.99. The average molecular weight is 216 g/mol. The molecule has 1 aromatic heterocycles. The van der Waals surface area contributed by atoms with E-state index in [4.69, 9.17) is 0 Å². The van der Waals surface area contributed by atoms with Crippen LogP contribution in [0.3, 0.4) is 0 Å². The van der Waals surface area contributed by atoms with Crippen molar-refractivity contribution in [2.45, 2.75) is 13.3 Å². The Balaban J connectivity index is 2.21. The molecule has 4 nitrogen and oxygen atoms in total. The molecule has 82 valence electrons. The number of carbonyl (C=O) groups is 2. The Labute approximate surface area is 92.7 Å². The highest BCUT2D eigenvalue weighted by Crippen LogP contribution is 2.17. The largest absolute Gasteiger partial charge is 0.361 e. The summed E-state index contributed by atoms with van der Waals surface area (Å²) in [4.78, 5) is 25.2. The van der Waals surface area contributed by atoms with Gasteiger partial charge in [-0.2, -0.15) is 0 Å². The van der Waals surface area contributed by atoms with Crippen molar-refractivity contribution >= 4 is 22.7 Å². The SMILES string of the molecule is CC(=O)NC(=O)Cc1c[nH]c2ccccc12. The van der Waals surface area contributed by atoms with Gasteiger partial charge in [0.15, 0.2) is 0 Å². The van der Waals surface area contributed by atoms with Crippen LogP contribution >= 0.6 is 0 Å². The zero-order valence-corrected chi connectivity index (χ0v) is 8.91. The van der Waals surface area contributed by atoms with Gasteiger partial charge in [-0.3, -0.25) is 14.9 Å². The second-order valence-corrected chi connectivity index (χ2v) is 3.64. The Morgan fingerprint density at radius 3 is 2.81 bits per heavy atom. The Morgan fingerprint density at radius 2 is 2.06 bits per heavy atom. The van der Waals surface area contributed by atoms with Crippen molar-refractivity contribution in [2.75, 3.05) is 0 Å². The van der Waals surface area contributed by atoms with Gasteiger partial charge in [0.25, 0.3) is 0 Å². The Bertz CT molecular complexity index is 543. The molecular weight excluding hydrogens is 204 g/mol. The summed E-state index contributed by atoms with van der Waals surface area (Å²) in [5.41, 5.74) is 1.89. The third-order valence-electron chi connectivity index (χ3n) is 2.34. The molecule has 2 N–H and O–H groups in total. The quantitative estimate of drug-likeness (QED) is 0.796. The first-order valence-electron chi connectivity index (χ1n) is 5.02. The molecule has 4 heteroatoms. The summed E-state index contributed by atoms with van der Waals surface area (Å²) < 4.78 is 0. The van der Waals surface area contributed by atoms with E-state index in [9.17, 15) is 9.59 Å². The summed E-state index contributed by atoms with van der Waals surface area (Å²) in [6.45, 7) is 1.33. The summed E-state index contributed by atoms with van der Waals surface area (Å²) in [6, 6.07) is 7.74. The van der Waals surface area contributed by atoms with Gasteiger partial charge in [0, 0.05) is 24.0 Å². The van der Waals surface area contributed by atoms with Crippen LogP contribution in [0.5, 0.6) is 0 Å². The average Bonchev–Trinajstić information content (AvgIpc) is 2.61. The number of para-hydroxylation sites is 1. The molecule has 2 amide bonds. The second kappa shape index (κ2) is 4.18. The van der Waals surface area contributed by atoms with Crippen molar-refractivity contribution in [3.8, 4) is 0 Å². The normalized spacial score (nSPS) is 10.3. The van der Waals surface area contributed by atoms with Crippen molar-refractivity contribution in [1.82, 2.24) is 10.3 Å². The lowest BCUT2D eigenvalue weighted by atomic mass is 10.1. The van der Waals surface area contributed by atoms with E-state index in [0.29, 0.717) is 0 Å². The van der Waals surface area contributed by atoms with E-state index in [1.165, 1.54) is 6.92 Å². The van der Waals surface area contributed by atoms with E-state index in [2.05, 4.69) is 10.3 Å². The van der Waals surface area contributed by atoms with Crippen LogP contribution in [-0.4, -0.2) is 16.8 Å². The minimum Gasteiger partial charge on any atom is -0.361 e. The minimum atomic E-state index is -0.329. The van der Waals surface area contributed by atoms with Crippen LogP contribution in [0, 0.1) is 0 Å². The van der Waals surface area contributed by atoms with Crippen molar-refractivity contribution in [1.29, 1.82) is 0 Å². The lowest BCUT2D eigenvalue weighted by Crippen LogP contribution is -2.29. The van der Waals surface area contributed by atoms with Gasteiger partial charge in [0.05, 0.1) is 6.42 Å². The summed E-state index contributed by atoms with van der Waals surface area (Å²) in [5.74, 6) is -0.609. The number of hydrogen-bond acceptors (Lipinski definition) is 2. The summed E-state index contributed by atoms with van der Waals surface area (Å²) in [5, 5.41) is 3.27. The Kier molecular flexibility index (Phi) is 2.72. The van der Waals surface area contributed by atoms with E-state index >= 15 is 0 Å². The summed E-state index contributed by atoms with van der Waals surface area (Å²) in [7, 11) is 0. The van der Waals surface area contributed by atoms with Crippen LogP contribution in [0.25, 0.3) is 10.9 Å². The molecule has 2 aromatic rings. The number of H-pyrrole nitrogens is 1. The first-order valence-corrected chi connectivity index (χ1v) is 5.02. The molecule has 1 aromatic carbocycles. The van der Waals surface area contributed by atoms with E-state index in [0.717, 1.165) is 16.5 Å². The molecule has 0 unspecified atom stereocenters. The van der Waals surface area contributed by atoms with Gasteiger partial charge < -0.3 is 4.98 Å². The zero-order valence-electron chi connectivity index (χ0n) is 8.91. The number of imide groups is 1. The van der Waals surface area contributed by atoms with E-state index < -0.39 is 0 Å². The first-order chi connectivity index (χ1) is 7.66. The molecule has 0 aliphatic carbocycles. The molecule has 0 aliphatic heterocycles. The number of nitrogens with one attached hydrogen (secondary N) is 2. The molecule has 0 radical (unpaired) electrons. The van der Waals surface area contributed by atoms with Crippen molar-refractivity contribution in [3.05, 3.63) is 36.0 Å². The van der Waals surface area contributed by atoms with Gasteiger partial charge in [0.1, 0.15) is 0 Å². The monoisotopic (exact) mass is 216 g/mol. The molecule has 0 saturated heterocycles. The fraction of sp³-hybridized carbons (Fsp3) is 0.167. The number of benzene rings is 1. The fourth-order valence-corrected chi connectivity index (χ4v) is 1.69. The maximum absolute atomic E-state index is 11.4. The number of aromatic nitrogens is 1. The van der Waals surface area contributed by atoms with Gasteiger partial charge in [-0.25, -0.2) is 0 Å². The van der Waals surface area contributed by atoms with Crippen LogP contribution < -0.4 is 5.32 Å². The summed E-state index contributed by atoms with van der Waals surface area (Å²) >= 11 is 0. The van der Waals surface area contributed by atoms with Crippen LogP contribution in [0.2, 0.25) is 0 Å². The number of hydrogen-bond donors (Lipinski definition) is 2. The predicted octanol–water partition coefficient (Wildman–Crippen LogP) is 1.37. The summed E-state index contributed by atoms with van der Waals surface area (Å²) in [6.07, 6.45) is 2.01. The Hall–Kier alpha value is -2.10. The van der Waals surface area contributed by atoms with Gasteiger partial charge in [-0.05, 0) is 11.6 Å². The van der Waals surface area contributed by atoms with Crippen LogP contribution in [0.1, 0.15) is 12.5 Å². The Morgan fingerprint density at radius 1 is 1.31 bits per heavy atom. The van der Waals surface area contributed by atoms with Crippen molar-refractivity contribution < 1.29 is 9.59 Å². The van der Waals surface area contributed by atoms with Crippen LogP contribution in [0.15, 0.2) is 30.5 Å². The molecule has 0 fully saturated rings. The standard InChI is InChI=1S/C12H12N2O2/c1-8(15)14-12(16)6-9-7-13-11-5-3-2-4-10(9)11/h2-5,7,13H,6H2,1H3,(H,14,15,16). The third kappa shape index (κ3) is 2.11. The van der Waals surface area contributed by atoms with Crippen molar-refractivity contribution in [3.63, 3.8) is 0 Å². The smallest absolute Gasteiger partial charge is 0.231 e. The third-order valence-corrected chi connectivity index (χ3v) is 2.34. The van der Waals surface area contributed by atoms with E-state index in [1.54, 1.807) is 6.20 Å². The molecule has 0 aliphatic rings. The number of amides is 2. The van der Waals surface area contributed by atoms with Crippen LogP contribution in [0.4, 0.5) is 0 Å². The van der Waals surface area contributed by atoms with Gasteiger partial charge in [0.2, 0.25) is 11.8 Å². The van der Waals surface area contributed by atoms with Gasteiger partial charge >= 0.3 is 0 Å². The number of carbonyl (C=O) groups excluding carboxylic acids is 2. The fourth-order valence-electron chi connectivity index (χ4n) is 1.69. The number of rotatable bonds is 2. The molecule has 0 atom stereocenters. The molecule has 1 heterocycles. The minimum absolute atomic E-state index is 0.212. The lowest BCUT2D eigenvalue weighted by molar-refractivity contribution is -0.128. The van der Waals surface area contributed by atoms with Crippen molar-refractivity contribution in [2.24, 2.45) is 0 Å². The number of aromatic amines is 1. The molecule has 0 bridgehead atoms. The highest BCUT2D eigenvalue weighted by atomic mass is 16.2. The number of fused-ring (bicyclic) bond motifs is 1. The molecule has 0 spiro atoms. The molecule has 0 saturated carbocycles. The van der Waals surface area contributed by atoms with E-state index in [1.807, 2.05) is 24.3 Å². The van der Waals surface area contributed by atoms with Crippen LogP contribution in [-0.2, 0) is 16.0 Å².